The molecule has 0 spiro atoms. The van der Waals surface area contributed by atoms with Crippen molar-refractivity contribution in [1.82, 2.24) is 0 Å². The number of hydrogen-bond donors (Lipinski definition) is 0. The van der Waals surface area contributed by atoms with E-state index in [1.807, 2.05) is 0 Å². The molecule has 0 aliphatic heterocycles. The van der Waals surface area contributed by atoms with Crippen molar-refractivity contribution in [2.45, 2.75) is 39.0 Å². The van der Waals surface area contributed by atoms with Gasteiger partial charge in [-0.15, -0.1) is 11.8 Å². The number of thioether (sulfide) groups is 1. The Hall–Kier alpha value is 1.28. The summed E-state index contributed by atoms with van der Waals surface area (Å²) in [4.78, 5) is 0. The first-order valence-corrected chi connectivity index (χ1v) is 8.27. The molecule has 0 N–H and O–H groups in total. The number of allylic oxidation sites excluding steroid dienone is 2. The highest BCUT2D eigenvalue weighted by atomic mass is 35.5. The molecule has 0 saturated carbocycles. The standard InChI is InChI=1S/C11H15Cl5S/c1-2-3-4-5-6-7-17-11(16)9(13)8(12)10(14)15/h2-7H2,1H3. The van der Waals surface area contributed by atoms with Crippen LogP contribution in [0.5, 0.6) is 0 Å². The number of unbranched alkanes of at least 4 members (excludes halogenated alkanes) is 4. The molecule has 0 aromatic rings. The van der Waals surface area contributed by atoms with E-state index >= 15 is 0 Å². The molecule has 0 amide bonds. The fraction of sp³-hybridized carbons (Fsp3) is 0.636. The zero-order chi connectivity index (χ0) is 13.3. The first-order chi connectivity index (χ1) is 8.00. The van der Waals surface area contributed by atoms with E-state index in [1.54, 1.807) is 0 Å². The maximum Gasteiger partial charge on any atom is 0.127 e. The van der Waals surface area contributed by atoms with Gasteiger partial charge in [-0.2, -0.15) is 0 Å². The van der Waals surface area contributed by atoms with Crippen LogP contribution in [0, 0.1) is 0 Å². The minimum Gasteiger partial charge on any atom is -0.112 e. The van der Waals surface area contributed by atoms with Crippen molar-refractivity contribution >= 4 is 69.8 Å². The van der Waals surface area contributed by atoms with Crippen LogP contribution in [0.3, 0.4) is 0 Å². The Balaban J connectivity index is 3.96. The number of rotatable bonds is 8. The zero-order valence-corrected chi connectivity index (χ0v) is 14.1. The molecule has 0 saturated heterocycles. The van der Waals surface area contributed by atoms with E-state index in [0.717, 1.165) is 12.2 Å². The number of hydrogen-bond acceptors (Lipinski definition) is 1. The molecular formula is C11H15Cl5S. The number of halogens is 5. The summed E-state index contributed by atoms with van der Waals surface area (Å²) >= 11 is 30.2. The molecule has 0 rings (SSSR count). The van der Waals surface area contributed by atoms with Gasteiger partial charge in [0.25, 0.3) is 0 Å². The Labute approximate surface area is 133 Å². The second kappa shape index (κ2) is 11.1. The van der Waals surface area contributed by atoms with Crippen molar-refractivity contribution in [3.05, 3.63) is 18.9 Å². The zero-order valence-electron chi connectivity index (χ0n) is 9.54. The fourth-order valence-corrected chi connectivity index (χ4v) is 2.93. The van der Waals surface area contributed by atoms with Gasteiger partial charge >= 0.3 is 0 Å². The van der Waals surface area contributed by atoms with E-state index in [1.165, 1.54) is 37.4 Å². The lowest BCUT2D eigenvalue weighted by atomic mass is 10.2. The van der Waals surface area contributed by atoms with Crippen molar-refractivity contribution in [3.63, 3.8) is 0 Å². The van der Waals surface area contributed by atoms with Crippen LogP contribution in [-0.2, 0) is 0 Å². The van der Waals surface area contributed by atoms with Gasteiger partial charge in [-0.05, 0) is 12.2 Å². The molecule has 0 bridgehead atoms. The summed E-state index contributed by atoms with van der Waals surface area (Å²) in [6.45, 7) is 2.19. The summed E-state index contributed by atoms with van der Waals surface area (Å²) in [5.74, 6) is 0.919. The van der Waals surface area contributed by atoms with E-state index in [-0.39, 0.29) is 14.6 Å². The van der Waals surface area contributed by atoms with Crippen LogP contribution in [0.15, 0.2) is 18.9 Å². The monoisotopic (exact) mass is 354 g/mol. The molecule has 0 aromatic carbocycles. The molecule has 0 unspecified atom stereocenters. The maximum absolute atomic E-state index is 5.99. The first-order valence-electron chi connectivity index (χ1n) is 5.39. The van der Waals surface area contributed by atoms with Crippen molar-refractivity contribution in [2.75, 3.05) is 5.75 Å². The highest BCUT2D eigenvalue weighted by Gasteiger charge is 2.09. The second-order valence-corrected chi connectivity index (χ2v) is 6.84. The van der Waals surface area contributed by atoms with Gasteiger partial charge in [-0.1, -0.05) is 90.6 Å². The Morgan fingerprint density at radius 1 is 0.824 bits per heavy atom. The third-order valence-electron chi connectivity index (χ3n) is 2.01. The van der Waals surface area contributed by atoms with Gasteiger partial charge in [0, 0.05) is 0 Å². The van der Waals surface area contributed by atoms with Gasteiger partial charge in [0.2, 0.25) is 0 Å². The van der Waals surface area contributed by atoms with E-state index in [0.29, 0.717) is 4.36 Å². The Morgan fingerprint density at radius 3 is 1.94 bits per heavy atom. The molecule has 100 valence electrons. The second-order valence-electron chi connectivity index (χ2n) is 3.42. The Bertz CT molecular complexity index is 282. The molecule has 0 radical (unpaired) electrons. The van der Waals surface area contributed by atoms with Crippen LogP contribution in [-0.4, -0.2) is 5.75 Å². The Kier molecular flexibility index (Phi) is 12.0. The normalized spacial score (nSPS) is 12.4. The highest BCUT2D eigenvalue weighted by Crippen LogP contribution is 2.36. The van der Waals surface area contributed by atoms with Crippen LogP contribution < -0.4 is 0 Å². The summed E-state index contributed by atoms with van der Waals surface area (Å²) in [5, 5.41) is 0.311. The largest absolute Gasteiger partial charge is 0.127 e. The van der Waals surface area contributed by atoms with Crippen LogP contribution in [0.1, 0.15) is 39.0 Å². The van der Waals surface area contributed by atoms with Crippen LogP contribution in [0.2, 0.25) is 0 Å². The van der Waals surface area contributed by atoms with Gasteiger partial charge in [-0.3, -0.25) is 0 Å². The van der Waals surface area contributed by atoms with Crippen molar-refractivity contribution in [2.24, 2.45) is 0 Å². The molecule has 0 atom stereocenters. The molecule has 0 nitrogen and oxygen atoms in total. The van der Waals surface area contributed by atoms with Crippen molar-refractivity contribution in [3.8, 4) is 0 Å². The molecule has 0 fully saturated rings. The topological polar surface area (TPSA) is 0 Å². The van der Waals surface area contributed by atoms with Crippen LogP contribution in [0.4, 0.5) is 0 Å². The average molecular weight is 357 g/mol. The maximum atomic E-state index is 5.99. The molecule has 0 aliphatic carbocycles. The molecular weight excluding hydrogens is 341 g/mol. The highest BCUT2D eigenvalue weighted by molar-refractivity contribution is 8.04. The van der Waals surface area contributed by atoms with E-state index in [2.05, 4.69) is 6.92 Å². The Morgan fingerprint density at radius 2 is 1.41 bits per heavy atom. The van der Waals surface area contributed by atoms with Crippen LogP contribution >= 0.6 is 69.8 Å². The SMILES string of the molecule is CCCCCCCSC(Cl)=C(Cl)C(Cl)=C(Cl)Cl. The minimum atomic E-state index is -0.0710. The molecule has 0 aromatic heterocycles. The van der Waals surface area contributed by atoms with Gasteiger partial charge < -0.3 is 0 Å². The summed E-state index contributed by atoms with van der Waals surface area (Å²) in [6, 6.07) is 0. The van der Waals surface area contributed by atoms with E-state index in [9.17, 15) is 0 Å². The predicted molar refractivity (Wildman–Crippen MR) is 84.5 cm³/mol. The minimum absolute atomic E-state index is 0.0710. The van der Waals surface area contributed by atoms with Crippen molar-refractivity contribution < 1.29 is 0 Å². The van der Waals surface area contributed by atoms with Gasteiger partial charge in [0.1, 0.15) is 4.49 Å². The van der Waals surface area contributed by atoms with E-state index < -0.39 is 0 Å². The smallest absolute Gasteiger partial charge is 0.112 e. The molecule has 17 heavy (non-hydrogen) atoms. The average Bonchev–Trinajstić information content (AvgIpc) is 2.31. The predicted octanol–water partition coefficient (Wildman–Crippen LogP) is 7.22. The third-order valence-corrected chi connectivity index (χ3v) is 5.11. The van der Waals surface area contributed by atoms with Gasteiger partial charge in [0.15, 0.2) is 0 Å². The molecule has 0 heterocycles. The summed E-state index contributed by atoms with van der Waals surface area (Å²) in [6.07, 6.45) is 6.11. The summed E-state index contributed by atoms with van der Waals surface area (Å²) in [7, 11) is 0. The van der Waals surface area contributed by atoms with Crippen LogP contribution in [0.25, 0.3) is 0 Å². The lowest BCUT2D eigenvalue weighted by molar-refractivity contribution is 0.659. The van der Waals surface area contributed by atoms with Crippen molar-refractivity contribution in [1.29, 1.82) is 0 Å². The van der Waals surface area contributed by atoms with Gasteiger partial charge in [0.05, 0.1) is 14.4 Å². The van der Waals surface area contributed by atoms with E-state index in [4.69, 9.17) is 58.0 Å². The lowest BCUT2D eigenvalue weighted by Crippen LogP contribution is -1.83. The molecule has 6 heteroatoms. The van der Waals surface area contributed by atoms with Gasteiger partial charge in [-0.25, -0.2) is 0 Å². The fourth-order valence-electron chi connectivity index (χ4n) is 1.10. The quantitative estimate of drug-likeness (QED) is 0.327. The summed E-state index contributed by atoms with van der Waals surface area (Å²) in [5.41, 5.74) is 0. The first kappa shape index (κ1) is 18.3. The third kappa shape index (κ3) is 8.91. The lowest BCUT2D eigenvalue weighted by Gasteiger charge is -2.03. The summed E-state index contributed by atoms with van der Waals surface area (Å²) < 4.78 is 0.365. The molecule has 0 aliphatic rings.